The minimum atomic E-state index is -0.867. The van der Waals surface area contributed by atoms with E-state index in [9.17, 15) is 4.79 Å². The van der Waals surface area contributed by atoms with Gasteiger partial charge in [0.05, 0.1) is 7.11 Å². The Hall–Kier alpha value is -2.57. The SMILES string of the molecule is COc1cccc(Oc2ccc(NC(=O)C3(N)CCOCC3)cc2)c1. The predicted octanol–water partition coefficient (Wildman–Crippen LogP) is 2.93. The molecule has 1 aliphatic heterocycles. The Bertz CT molecular complexity index is 724. The first-order valence-corrected chi connectivity index (χ1v) is 8.19. The van der Waals surface area contributed by atoms with Gasteiger partial charge in [0.25, 0.3) is 0 Å². The number of carbonyl (C=O) groups excluding carboxylic acids is 1. The van der Waals surface area contributed by atoms with E-state index >= 15 is 0 Å². The summed E-state index contributed by atoms with van der Waals surface area (Å²) in [6.45, 7) is 1.02. The quantitative estimate of drug-likeness (QED) is 0.873. The van der Waals surface area contributed by atoms with Crippen molar-refractivity contribution in [3.8, 4) is 17.2 Å². The van der Waals surface area contributed by atoms with Crippen LogP contribution < -0.4 is 20.5 Å². The van der Waals surface area contributed by atoms with E-state index in [1.807, 2.05) is 18.2 Å². The normalized spacial score (nSPS) is 16.1. The van der Waals surface area contributed by atoms with Crippen LogP contribution >= 0.6 is 0 Å². The van der Waals surface area contributed by atoms with E-state index in [4.69, 9.17) is 19.9 Å². The molecule has 0 bridgehead atoms. The summed E-state index contributed by atoms with van der Waals surface area (Å²) in [6.07, 6.45) is 1.05. The number of carbonyl (C=O) groups is 1. The number of methoxy groups -OCH3 is 1. The zero-order valence-corrected chi connectivity index (χ0v) is 14.2. The summed E-state index contributed by atoms with van der Waals surface area (Å²) in [5.74, 6) is 1.89. The third-order valence-electron chi connectivity index (χ3n) is 4.23. The van der Waals surface area contributed by atoms with Crippen LogP contribution in [-0.2, 0) is 9.53 Å². The molecule has 132 valence electrons. The van der Waals surface area contributed by atoms with Crippen LogP contribution in [0.4, 0.5) is 5.69 Å². The molecule has 25 heavy (non-hydrogen) atoms. The molecule has 0 aromatic heterocycles. The Morgan fingerprint density at radius 3 is 2.44 bits per heavy atom. The maximum Gasteiger partial charge on any atom is 0.244 e. The highest BCUT2D eigenvalue weighted by atomic mass is 16.5. The van der Waals surface area contributed by atoms with Crippen LogP contribution in [0, 0.1) is 0 Å². The number of ether oxygens (including phenoxy) is 3. The average Bonchev–Trinajstić information content (AvgIpc) is 2.64. The van der Waals surface area contributed by atoms with Crippen LogP contribution in [0.3, 0.4) is 0 Å². The van der Waals surface area contributed by atoms with Gasteiger partial charge in [-0.25, -0.2) is 0 Å². The highest BCUT2D eigenvalue weighted by molar-refractivity contribution is 5.98. The lowest BCUT2D eigenvalue weighted by atomic mass is 9.90. The monoisotopic (exact) mass is 342 g/mol. The number of hydrogen-bond acceptors (Lipinski definition) is 5. The van der Waals surface area contributed by atoms with Gasteiger partial charge in [0, 0.05) is 25.0 Å². The van der Waals surface area contributed by atoms with E-state index in [0.29, 0.717) is 43.2 Å². The van der Waals surface area contributed by atoms with Crippen LogP contribution in [0.2, 0.25) is 0 Å². The summed E-state index contributed by atoms with van der Waals surface area (Å²) in [6, 6.07) is 14.5. The molecule has 0 spiro atoms. The fraction of sp³-hybridized carbons (Fsp3) is 0.316. The van der Waals surface area contributed by atoms with E-state index in [2.05, 4.69) is 5.32 Å². The molecule has 0 aliphatic carbocycles. The molecule has 1 fully saturated rings. The molecule has 0 saturated carbocycles. The first-order valence-electron chi connectivity index (χ1n) is 8.19. The maximum atomic E-state index is 12.4. The maximum absolute atomic E-state index is 12.4. The standard InChI is InChI=1S/C19H22N2O4/c1-23-16-3-2-4-17(13-16)25-15-7-5-14(6-8-15)21-18(22)19(20)9-11-24-12-10-19/h2-8,13H,9-12,20H2,1H3,(H,21,22). The third-order valence-corrected chi connectivity index (χ3v) is 4.23. The van der Waals surface area contributed by atoms with Crippen LogP contribution in [0.15, 0.2) is 48.5 Å². The van der Waals surface area contributed by atoms with Gasteiger partial charge < -0.3 is 25.3 Å². The highest BCUT2D eigenvalue weighted by Crippen LogP contribution is 2.26. The van der Waals surface area contributed by atoms with Gasteiger partial charge in [-0.15, -0.1) is 0 Å². The molecule has 0 atom stereocenters. The molecule has 1 heterocycles. The molecule has 1 aliphatic rings. The van der Waals surface area contributed by atoms with Gasteiger partial charge in [0.15, 0.2) is 0 Å². The summed E-state index contributed by atoms with van der Waals surface area (Å²) in [5.41, 5.74) is 5.99. The van der Waals surface area contributed by atoms with Crippen LogP contribution in [-0.4, -0.2) is 31.8 Å². The van der Waals surface area contributed by atoms with Crippen molar-refractivity contribution in [3.63, 3.8) is 0 Å². The number of benzene rings is 2. The van der Waals surface area contributed by atoms with Crippen molar-refractivity contribution in [3.05, 3.63) is 48.5 Å². The summed E-state index contributed by atoms with van der Waals surface area (Å²) in [7, 11) is 1.61. The van der Waals surface area contributed by atoms with Crippen molar-refractivity contribution in [1.82, 2.24) is 0 Å². The number of amides is 1. The predicted molar refractivity (Wildman–Crippen MR) is 95.1 cm³/mol. The molecular formula is C19H22N2O4. The van der Waals surface area contributed by atoms with Gasteiger partial charge in [0.1, 0.15) is 22.8 Å². The number of rotatable bonds is 5. The number of nitrogens with two attached hydrogens (primary N) is 1. The molecule has 3 N–H and O–H groups in total. The van der Waals surface area contributed by atoms with Gasteiger partial charge in [-0.1, -0.05) is 6.07 Å². The lowest BCUT2D eigenvalue weighted by molar-refractivity contribution is -0.124. The van der Waals surface area contributed by atoms with Crippen molar-refractivity contribution in [1.29, 1.82) is 0 Å². The summed E-state index contributed by atoms with van der Waals surface area (Å²) >= 11 is 0. The average molecular weight is 342 g/mol. The van der Waals surface area contributed by atoms with Crippen molar-refractivity contribution < 1.29 is 19.0 Å². The van der Waals surface area contributed by atoms with E-state index in [1.165, 1.54) is 0 Å². The van der Waals surface area contributed by atoms with Gasteiger partial charge in [0.2, 0.25) is 5.91 Å². The molecule has 1 saturated heterocycles. The Morgan fingerprint density at radius 1 is 1.08 bits per heavy atom. The molecule has 0 unspecified atom stereocenters. The molecular weight excluding hydrogens is 320 g/mol. The Balaban J connectivity index is 1.62. The molecule has 2 aromatic rings. The van der Waals surface area contributed by atoms with E-state index in [-0.39, 0.29) is 5.91 Å². The molecule has 1 amide bonds. The van der Waals surface area contributed by atoms with Crippen molar-refractivity contribution in [2.24, 2.45) is 5.73 Å². The fourth-order valence-electron chi connectivity index (χ4n) is 2.63. The van der Waals surface area contributed by atoms with Gasteiger partial charge >= 0.3 is 0 Å². The van der Waals surface area contributed by atoms with Gasteiger partial charge in [-0.2, -0.15) is 0 Å². The van der Waals surface area contributed by atoms with Crippen molar-refractivity contribution in [2.45, 2.75) is 18.4 Å². The first-order chi connectivity index (χ1) is 12.1. The zero-order chi connectivity index (χ0) is 17.7. The Labute approximate surface area is 146 Å². The van der Waals surface area contributed by atoms with Crippen LogP contribution in [0.1, 0.15) is 12.8 Å². The Morgan fingerprint density at radius 2 is 1.76 bits per heavy atom. The number of hydrogen-bond donors (Lipinski definition) is 2. The van der Waals surface area contributed by atoms with Crippen LogP contribution in [0.5, 0.6) is 17.2 Å². The second kappa shape index (κ2) is 7.55. The van der Waals surface area contributed by atoms with E-state index in [1.54, 1.807) is 37.4 Å². The number of nitrogens with one attached hydrogen (secondary N) is 1. The second-order valence-electron chi connectivity index (χ2n) is 6.03. The van der Waals surface area contributed by atoms with E-state index < -0.39 is 5.54 Å². The largest absolute Gasteiger partial charge is 0.497 e. The van der Waals surface area contributed by atoms with Gasteiger partial charge in [-0.05, 0) is 49.2 Å². The highest BCUT2D eigenvalue weighted by Gasteiger charge is 2.35. The molecule has 6 nitrogen and oxygen atoms in total. The van der Waals surface area contributed by atoms with Crippen molar-refractivity contribution >= 4 is 11.6 Å². The zero-order valence-electron chi connectivity index (χ0n) is 14.2. The van der Waals surface area contributed by atoms with Crippen LogP contribution in [0.25, 0.3) is 0 Å². The second-order valence-corrected chi connectivity index (χ2v) is 6.03. The third kappa shape index (κ3) is 4.29. The number of anilines is 1. The Kier molecular flexibility index (Phi) is 5.21. The summed E-state index contributed by atoms with van der Waals surface area (Å²) < 4.78 is 16.2. The molecule has 3 rings (SSSR count). The summed E-state index contributed by atoms with van der Waals surface area (Å²) in [4.78, 5) is 12.4. The summed E-state index contributed by atoms with van der Waals surface area (Å²) in [5, 5.41) is 2.87. The minimum absolute atomic E-state index is 0.183. The molecule has 2 aromatic carbocycles. The molecule has 6 heteroatoms. The van der Waals surface area contributed by atoms with Gasteiger partial charge in [-0.3, -0.25) is 4.79 Å². The lowest BCUT2D eigenvalue weighted by Crippen LogP contribution is -2.54. The first kappa shape index (κ1) is 17.3. The molecule has 0 radical (unpaired) electrons. The smallest absolute Gasteiger partial charge is 0.244 e. The fourth-order valence-corrected chi connectivity index (χ4v) is 2.63. The lowest BCUT2D eigenvalue weighted by Gasteiger charge is -2.31. The minimum Gasteiger partial charge on any atom is -0.497 e. The van der Waals surface area contributed by atoms with E-state index in [0.717, 1.165) is 5.75 Å². The topological polar surface area (TPSA) is 82.8 Å². The van der Waals surface area contributed by atoms with Crippen molar-refractivity contribution in [2.75, 3.05) is 25.6 Å².